The zero-order valence-corrected chi connectivity index (χ0v) is 18.6. The van der Waals surface area contributed by atoms with Gasteiger partial charge in [0, 0.05) is 55.4 Å². The van der Waals surface area contributed by atoms with Crippen LogP contribution in [0.25, 0.3) is 5.69 Å². The van der Waals surface area contributed by atoms with Gasteiger partial charge in [0.05, 0.1) is 12.2 Å². The van der Waals surface area contributed by atoms with Gasteiger partial charge < -0.3 is 9.80 Å². The van der Waals surface area contributed by atoms with Crippen LogP contribution in [0.5, 0.6) is 0 Å². The molecule has 0 bridgehead atoms. The molecule has 0 radical (unpaired) electrons. The third-order valence-corrected chi connectivity index (χ3v) is 7.04. The van der Waals surface area contributed by atoms with E-state index in [2.05, 4.69) is 72.6 Å². The van der Waals surface area contributed by atoms with Gasteiger partial charge in [-0.15, -0.1) is 10.2 Å². The topological polar surface area (TPSA) is 53.3 Å². The molecule has 1 aromatic carbocycles. The normalized spacial score (nSPS) is 19.6. The molecule has 2 aromatic heterocycles. The third kappa shape index (κ3) is 3.10. The number of aromatic nitrogens is 4. The highest BCUT2D eigenvalue weighted by atomic mass is 35.5. The summed E-state index contributed by atoms with van der Waals surface area (Å²) in [5.41, 5.74) is 2.70. The second kappa shape index (κ2) is 6.93. The van der Waals surface area contributed by atoms with Gasteiger partial charge in [0.2, 0.25) is 5.95 Å². The van der Waals surface area contributed by atoms with Crippen LogP contribution in [0.4, 0.5) is 11.8 Å². The van der Waals surface area contributed by atoms with Crippen molar-refractivity contribution in [3.63, 3.8) is 0 Å². The number of nitrogens with zero attached hydrogens (tertiary/aromatic N) is 7. The molecule has 31 heavy (non-hydrogen) atoms. The molecule has 1 spiro atoms. The Hall–Kier alpha value is -2.64. The van der Waals surface area contributed by atoms with Gasteiger partial charge in [-0.3, -0.25) is 9.47 Å². The Kier molecular flexibility index (Phi) is 4.27. The van der Waals surface area contributed by atoms with Gasteiger partial charge in [0.15, 0.2) is 5.82 Å². The molecular formula is C23H26ClN7. The lowest BCUT2D eigenvalue weighted by Gasteiger charge is -2.60. The Labute approximate surface area is 187 Å². The summed E-state index contributed by atoms with van der Waals surface area (Å²) < 4.78 is 2.25. The molecule has 0 amide bonds. The van der Waals surface area contributed by atoms with Gasteiger partial charge in [-0.05, 0) is 49.7 Å². The quantitative estimate of drug-likeness (QED) is 0.628. The Bertz CT molecular complexity index is 1110. The van der Waals surface area contributed by atoms with E-state index in [4.69, 9.17) is 11.6 Å². The average Bonchev–Trinajstić information content (AvgIpc) is 3.02. The number of hydrogen-bond acceptors (Lipinski definition) is 6. The van der Waals surface area contributed by atoms with Crippen LogP contribution < -0.4 is 9.80 Å². The molecule has 2 saturated heterocycles. The van der Waals surface area contributed by atoms with Crippen LogP contribution in [-0.2, 0) is 13.1 Å². The maximum absolute atomic E-state index is 6.35. The number of hydrogen-bond donors (Lipinski definition) is 0. The van der Waals surface area contributed by atoms with Crippen molar-refractivity contribution < 1.29 is 0 Å². The highest BCUT2D eigenvalue weighted by Crippen LogP contribution is 2.44. The Balaban J connectivity index is 1.26. The first-order valence-corrected chi connectivity index (χ1v) is 11.3. The Morgan fingerprint density at radius 2 is 1.77 bits per heavy atom. The Morgan fingerprint density at radius 1 is 0.968 bits per heavy atom. The molecule has 3 aromatic rings. The average molecular weight is 436 g/mol. The van der Waals surface area contributed by atoms with Crippen LogP contribution in [0.15, 0.2) is 42.6 Å². The van der Waals surface area contributed by atoms with Crippen molar-refractivity contribution in [3.8, 4) is 5.69 Å². The zero-order chi connectivity index (χ0) is 21.2. The standard InChI is InChI=1S/C23H26ClN7/c1-16(2)28-10-17-9-18(24)6-7-19(17)31-21(11-28)26-27-22(31)30-14-23(15-30)12-29(13-23)20-5-3-4-8-25-20/h3-9,16H,10-15H2,1-2H3. The molecule has 8 heteroatoms. The number of fused-ring (bicyclic) bond motifs is 3. The summed E-state index contributed by atoms with van der Waals surface area (Å²) in [6.45, 7) is 10.2. The number of pyridine rings is 1. The largest absolute Gasteiger partial charge is 0.355 e. The van der Waals surface area contributed by atoms with E-state index >= 15 is 0 Å². The van der Waals surface area contributed by atoms with Crippen LogP contribution in [0.2, 0.25) is 5.02 Å². The fourth-order valence-electron chi connectivity index (χ4n) is 5.15. The highest BCUT2D eigenvalue weighted by molar-refractivity contribution is 6.30. The van der Waals surface area contributed by atoms with Crippen molar-refractivity contribution in [3.05, 3.63) is 59.0 Å². The minimum atomic E-state index is 0.335. The van der Waals surface area contributed by atoms with Crippen LogP contribution in [0.3, 0.4) is 0 Å². The molecule has 160 valence electrons. The first-order valence-electron chi connectivity index (χ1n) is 10.9. The first-order chi connectivity index (χ1) is 15.0. The monoisotopic (exact) mass is 435 g/mol. The Morgan fingerprint density at radius 3 is 2.52 bits per heavy atom. The second-order valence-electron chi connectivity index (χ2n) is 9.42. The van der Waals surface area contributed by atoms with Gasteiger partial charge in [-0.2, -0.15) is 0 Å². The minimum Gasteiger partial charge on any atom is -0.355 e. The lowest BCUT2D eigenvalue weighted by Crippen LogP contribution is -2.73. The summed E-state index contributed by atoms with van der Waals surface area (Å²) in [5, 5.41) is 10.0. The van der Waals surface area contributed by atoms with Crippen molar-refractivity contribution >= 4 is 23.4 Å². The third-order valence-electron chi connectivity index (χ3n) is 6.80. The SMILES string of the molecule is CC(C)N1Cc2cc(Cl)ccc2-n2c(nnc2N2CC3(CN(c4ccccn4)C3)C2)C1. The summed E-state index contributed by atoms with van der Waals surface area (Å²) in [5.74, 6) is 3.02. The van der Waals surface area contributed by atoms with Crippen LogP contribution in [-0.4, -0.2) is 56.9 Å². The lowest BCUT2D eigenvalue weighted by atomic mass is 9.73. The molecule has 3 aliphatic rings. The van der Waals surface area contributed by atoms with Gasteiger partial charge in [-0.25, -0.2) is 4.98 Å². The van der Waals surface area contributed by atoms with Crippen molar-refractivity contribution in [1.29, 1.82) is 0 Å². The maximum atomic E-state index is 6.35. The molecule has 0 atom stereocenters. The van der Waals surface area contributed by atoms with Crippen molar-refractivity contribution in [2.24, 2.45) is 5.41 Å². The fourth-order valence-corrected chi connectivity index (χ4v) is 5.35. The number of anilines is 2. The molecule has 5 heterocycles. The summed E-state index contributed by atoms with van der Waals surface area (Å²) >= 11 is 6.35. The van der Waals surface area contributed by atoms with Crippen LogP contribution in [0, 0.1) is 5.41 Å². The van der Waals surface area contributed by atoms with Crippen LogP contribution in [0.1, 0.15) is 25.2 Å². The fraction of sp³-hybridized carbons (Fsp3) is 0.435. The number of benzene rings is 1. The van der Waals surface area contributed by atoms with Gasteiger partial charge >= 0.3 is 0 Å². The van der Waals surface area contributed by atoms with Gasteiger partial charge in [-0.1, -0.05) is 17.7 Å². The first kappa shape index (κ1) is 19.1. The molecular weight excluding hydrogens is 410 g/mol. The van der Waals surface area contributed by atoms with E-state index in [0.29, 0.717) is 11.5 Å². The zero-order valence-electron chi connectivity index (χ0n) is 17.9. The summed E-state index contributed by atoms with van der Waals surface area (Å²) in [6.07, 6.45) is 1.86. The molecule has 7 nitrogen and oxygen atoms in total. The molecule has 0 saturated carbocycles. The number of rotatable bonds is 3. The molecule has 0 aliphatic carbocycles. The molecule has 3 aliphatic heterocycles. The molecule has 0 N–H and O–H groups in total. The van der Waals surface area contributed by atoms with Gasteiger partial charge in [0.1, 0.15) is 5.82 Å². The maximum Gasteiger partial charge on any atom is 0.231 e. The van der Waals surface area contributed by atoms with E-state index in [1.54, 1.807) is 0 Å². The summed E-state index contributed by atoms with van der Waals surface area (Å²) in [4.78, 5) is 11.6. The second-order valence-corrected chi connectivity index (χ2v) is 9.86. The smallest absolute Gasteiger partial charge is 0.231 e. The molecule has 0 unspecified atom stereocenters. The molecule has 6 rings (SSSR count). The van der Waals surface area contributed by atoms with E-state index in [1.807, 2.05) is 18.3 Å². The minimum absolute atomic E-state index is 0.335. The van der Waals surface area contributed by atoms with Crippen molar-refractivity contribution in [2.75, 3.05) is 36.0 Å². The van der Waals surface area contributed by atoms with E-state index in [1.165, 1.54) is 5.56 Å². The number of halogens is 1. The predicted octanol–water partition coefficient (Wildman–Crippen LogP) is 3.37. The van der Waals surface area contributed by atoms with Crippen LogP contribution >= 0.6 is 11.6 Å². The van der Waals surface area contributed by atoms with Crippen molar-refractivity contribution in [1.82, 2.24) is 24.6 Å². The van der Waals surface area contributed by atoms with E-state index in [9.17, 15) is 0 Å². The van der Waals surface area contributed by atoms with Gasteiger partial charge in [0.25, 0.3) is 0 Å². The lowest BCUT2D eigenvalue weighted by molar-refractivity contribution is 0.153. The van der Waals surface area contributed by atoms with Crippen molar-refractivity contribution in [2.45, 2.75) is 33.0 Å². The highest BCUT2D eigenvalue weighted by Gasteiger charge is 2.53. The summed E-state index contributed by atoms with van der Waals surface area (Å²) in [7, 11) is 0. The van der Waals surface area contributed by atoms with E-state index in [-0.39, 0.29) is 0 Å². The summed E-state index contributed by atoms with van der Waals surface area (Å²) in [6, 6.07) is 12.7. The predicted molar refractivity (Wildman–Crippen MR) is 122 cm³/mol. The van der Waals surface area contributed by atoms with E-state index < -0.39 is 0 Å². The van der Waals surface area contributed by atoms with E-state index in [0.717, 1.165) is 67.6 Å². The molecule has 2 fully saturated rings.